The molecule has 1 aromatic rings. The third-order valence-corrected chi connectivity index (χ3v) is 4.00. The lowest BCUT2D eigenvalue weighted by Gasteiger charge is -2.16. The van der Waals surface area contributed by atoms with Crippen LogP contribution in [0.2, 0.25) is 0 Å². The quantitative estimate of drug-likeness (QED) is 0.854. The molecule has 1 aliphatic rings. The van der Waals surface area contributed by atoms with Crippen molar-refractivity contribution in [3.63, 3.8) is 0 Å². The molecule has 0 aliphatic heterocycles. The Morgan fingerprint density at radius 3 is 2.74 bits per heavy atom. The van der Waals surface area contributed by atoms with E-state index in [1.807, 2.05) is 12.1 Å². The minimum atomic E-state index is 0.607. The average Bonchev–Trinajstić information content (AvgIpc) is 2.92. The van der Waals surface area contributed by atoms with Crippen LogP contribution >= 0.6 is 0 Å². The molecule has 0 bridgehead atoms. The minimum absolute atomic E-state index is 0.607. The predicted octanol–water partition coefficient (Wildman–Crippen LogP) is 3.34. The lowest BCUT2D eigenvalue weighted by molar-refractivity contribution is 0.388. The maximum absolute atomic E-state index is 5.52. The van der Waals surface area contributed by atoms with Gasteiger partial charge in [0, 0.05) is 12.1 Å². The first-order valence-corrected chi connectivity index (χ1v) is 7.23. The largest absolute Gasteiger partial charge is 0.497 e. The molecule has 3 nitrogen and oxygen atoms in total. The van der Waals surface area contributed by atoms with Crippen molar-refractivity contribution in [2.24, 2.45) is 0 Å². The number of methoxy groups -OCH3 is 2. The molecule has 0 radical (unpaired) electrons. The van der Waals surface area contributed by atoms with Crippen LogP contribution in [-0.4, -0.2) is 26.8 Å². The van der Waals surface area contributed by atoms with E-state index in [0.29, 0.717) is 12.0 Å². The van der Waals surface area contributed by atoms with Gasteiger partial charge in [0.2, 0.25) is 0 Å². The molecule has 2 rings (SSSR count). The highest BCUT2D eigenvalue weighted by atomic mass is 16.5. The van der Waals surface area contributed by atoms with E-state index in [1.54, 1.807) is 14.2 Å². The van der Waals surface area contributed by atoms with E-state index in [-0.39, 0.29) is 0 Å². The smallest absolute Gasteiger partial charge is 0.126 e. The number of ether oxygens (including phenoxy) is 2. The van der Waals surface area contributed by atoms with Crippen molar-refractivity contribution in [2.75, 3.05) is 20.8 Å². The van der Waals surface area contributed by atoms with E-state index in [4.69, 9.17) is 9.47 Å². The SMILES string of the molecule is CCCNC1CCC(c2ccc(OC)cc2OC)C1. The topological polar surface area (TPSA) is 30.5 Å². The van der Waals surface area contributed by atoms with Crippen molar-refractivity contribution in [1.29, 1.82) is 0 Å². The van der Waals surface area contributed by atoms with Gasteiger partial charge in [-0.15, -0.1) is 0 Å². The molecule has 19 heavy (non-hydrogen) atoms. The Balaban J connectivity index is 2.06. The van der Waals surface area contributed by atoms with Crippen molar-refractivity contribution in [1.82, 2.24) is 5.32 Å². The van der Waals surface area contributed by atoms with Crippen LogP contribution in [0.5, 0.6) is 11.5 Å². The number of benzene rings is 1. The normalized spacial score (nSPS) is 22.5. The summed E-state index contributed by atoms with van der Waals surface area (Å²) in [5, 5.41) is 3.63. The molecule has 1 fully saturated rings. The molecule has 0 amide bonds. The van der Waals surface area contributed by atoms with Crippen molar-refractivity contribution in [2.45, 2.75) is 44.6 Å². The highest BCUT2D eigenvalue weighted by Gasteiger charge is 2.27. The van der Waals surface area contributed by atoms with E-state index < -0.39 is 0 Å². The molecule has 3 heteroatoms. The third kappa shape index (κ3) is 3.41. The van der Waals surface area contributed by atoms with E-state index in [0.717, 1.165) is 18.0 Å². The van der Waals surface area contributed by atoms with Gasteiger partial charge < -0.3 is 14.8 Å². The van der Waals surface area contributed by atoms with E-state index in [2.05, 4.69) is 18.3 Å². The van der Waals surface area contributed by atoms with Gasteiger partial charge in [0.1, 0.15) is 11.5 Å². The van der Waals surface area contributed by atoms with E-state index in [9.17, 15) is 0 Å². The molecular weight excluding hydrogens is 238 g/mol. The van der Waals surface area contributed by atoms with Gasteiger partial charge in [-0.2, -0.15) is 0 Å². The second-order valence-electron chi connectivity index (χ2n) is 5.27. The number of hydrogen-bond acceptors (Lipinski definition) is 3. The lowest BCUT2D eigenvalue weighted by Crippen LogP contribution is -2.26. The summed E-state index contributed by atoms with van der Waals surface area (Å²) in [5.41, 5.74) is 1.32. The van der Waals surface area contributed by atoms with Crippen LogP contribution in [0, 0.1) is 0 Å². The van der Waals surface area contributed by atoms with Crippen LogP contribution in [0.15, 0.2) is 18.2 Å². The third-order valence-electron chi connectivity index (χ3n) is 4.00. The van der Waals surface area contributed by atoms with Crippen molar-refractivity contribution in [3.05, 3.63) is 23.8 Å². The summed E-state index contributed by atoms with van der Waals surface area (Å²) in [6.45, 7) is 3.34. The Morgan fingerprint density at radius 1 is 1.21 bits per heavy atom. The first-order chi connectivity index (χ1) is 9.28. The first-order valence-electron chi connectivity index (χ1n) is 7.23. The fourth-order valence-corrected chi connectivity index (χ4v) is 2.95. The van der Waals surface area contributed by atoms with Crippen LogP contribution in [0.1, 0.15) is 44.1 Å². The second-order valence-corrected chi connectivity index (χ2v) is 5.27. The van der Waals surface area contributed by atoms with Crippen molar-refractivity contribution in [3.8, 4) is 11.5 Å². The Kier molecular flexibility index (Phi) is 5.08. The molecule has 2 atom stereocenters. The average molecular weight is 263 g/mol. The summed E-state index contributed by atoms with van der Waals surface area (Å²) in [4.78, 5) is 0. The maximum atomic E-state index is 5.52. The Labute approximate surface area is 116 Å². The predicted molar refractivity (Wildman–Crippen MR) is 78.2 cm³/mol. The number of rotatable bonds is 6. The van der Waals surface area contributed by atoms with Gasteiger partial charge in [-0.1, -0.05) is 13.0 Å². The molecule has 0 heterocycles. The van der Waals surface area contributed by atoms with Crippen molar-refractivity contribution < 1.29 is 9.47 Å². The molecule has 0 saturated heterocycles. The summed E-state index contributed by atoms with van der Waals surface area (Å²) in [6, 6.07) is 6.84. The van der Waals surface area contributed by atoms with Crippen LogP contribution in [0.3, 0.4) is 0 Å². The number of hydrogen-bond donors (Lipinski definition) is 1. The maximum Gasteiger partial charge on any atom is 0.126 e. The van der Waals surface area contributed by atoms with Crippen LogP contribution in [0.4, 0.5) is 0 Å². The molecule has 0 aromatic heterocycles. The molecule has 1 saturated carbocycles. The van der Waals surface area contributed by atoms with Gasteiger partial charge in [-0.05, 0) is 49.8 Å². The summed E-state index contributed by atoms with van der Waals surface area (Å²) < 4.78 is 10.8. The van der Waals surface area contributed by atoms with Gasteiger partial charge in [-0.25, -0.2) is 0 Å². The first kappa shape index (κ1) is 14.2. The highest BCUT2D eigenvalue weighted by molar-refractivity contribution is 5.43. The van der Waals surface area contributed by atoms with Gasteiger partial charge >= 0.3 is 0 Å². The molecular formula is C16H25NO2. The summed E-state index contributed by atoms with van der Waals surface area (Å²) in [7, 11) is 3.43. The zero-order valence-electron chi connectivity index (χ0n) is 12.2. The van der Waals surface area contributed by atoms with Gasteiger partial charge in [0.25, 0.3) is 0 Å². The van der Waals surface area contributed by atoms with E-state index >= 15 is 0 Å². The van der Waals surface area contributed by atoms with Gasteiger partial charge in [0.05, 0.1) is 14.2 Å². The Morgan fingerprint density at radius 2 is 2.05 bits per heavy atom. The highest BCUT2D eigenvalue weighted by Crippen LogP contribution is 2.40. The molecule has 1 aromatic carbocycles. The number of nitrogens with one attached hydrogen (secondary N) is 1. The van der Waals surface area contributed by atoms with E-state index in [1.165, 1.54) is 31.2 Å². The van der Waals surface area contributed by atoms with Crippen LogP contribution in [-0.2, 0) is 0 Å². The van der Waals surface area contributed by atoms with Crippen LogP contribution in [0.25, 0.3) is 0 Å². The van der Waals surface area contributed by atoms with Crippen molar-refractivity contribution >= 4 is 0 Å². The summed E-state index contributed by atoms with van der Waals surface area (Å²) in [6.07, 6.45) is 4.92. The van der Waals surface area contributed by atoms with Gasteiger partial charge in [0.15, 0.2) is 0 Å². The summed E-state index contributed by atoms with van der Waals surface area (Å²) >= 11 is 0. The molecule has 0 spiro atoms. The standard InChI is InChI=1S/C16H25NO2/c1-4-9-17-13-6-5-12(10-13)15-8-7-14(18-2)11-16(15)19-3/h7-8,11-13,17H,4-6,9-10H2,1-3H3. The fourth-order valence-electron chi connectivity index (χ4n) is 2.95. The molecule has 106 valence electrons. The lowest BCUT2D eigenvalue weighted by atomic mass is 9.96. The zero-order chi connectivity index (χ0) is 13.7. The fraction of sp³-hybridized carbons (Fsp3) is 0.625. The van der Waals surface area contributed by atoms with Gasteiger partial charge in [-0.3, -0.25) is 0 Å². The second kappa shape index (κ2) is 6.80. The molecule has 1 aliphatic carbocycles. The molecule has 2 unspecified atom stereocenters. The molecule has 1 N–H and O–H groups in total. The Bertz CT molecular complexity index is 406. The summed E-state index contributed by atoms with van der Waals surface area (Å²) in [5.74, 6) is 2.43. The monoisotopic (exact) mass is 263 g/mol. The Hall–Kier alpha value is -1.22. The minimum Gasteiger partial charge on any atom is -0.497 e. The van der Waals surface area contributed by atoms with Crippen LogP contribution < -0.4 is 14.8 Å². The zero-order valence-corrected chi connectivity index (χ0v) is 12.2.